The first-order valence-electron chi connectivity index (χ1n) is 8.11. The molecule has 1 aromatic carbocycles. The van der Waals surface area contributed by atoms with Gasteiger partial charge in [0.1, 0.15) is 18.2 Å². The second-order valence-corrected chi connectivity index (χ2v) is 5.94. The molecule has 1 aliphatic rings. The third kappa shape index (κ3) is 4.01. The summed E-state index contributed by atoms with van der Waals surface area (Å²) in [5, 5.41) is 16.8. The molecule has 0 amide bonds. The standard InChI is InChI=1S/C22H19FN2O/c1-4-16-10-17(7-8-22(16)25)15(3)20(9-14(2)13-26)18-5-6-19(12-24)21(23)11-18/h4-11,13,25H,1-3H3/b14-9+,16-4-,20-15-,25-22?. The molecule has 130 valence electrons. The van der Waals surface area contributed by atoms with Crippen LogP contribution in [0.3, 0.4) is 0 Å². The number of hydrogen-bond acceptors (Lipinski definition) is 3. The first kappa shape index (κ1) is 19.0. The van der Waals surface area contributed by atoms with Crippen LogP contribution in [0.4, 0.5) is 4.39 Å². The predicted molar refractivity (Wildman–Crippen MR) is 102 cm³/mol. The van der Waals surface area contributed by atoms with E-state index in [-0.39, 0.29) is 5.56 Å². The average molecular weight is 346 g/mol. The molecule has 0 heterocycles. The summed E-state index contributed by atoms with van der Waals surface area (Å²) in [4.78, 5) is 11.1. The minimum atomic E-state index is -0.600. The van der Waals surface area contributed by atoms with E-state index >= 15 is 0 Å². The van der Waals surface area contributed by atoms with E-state index in [2.05, 4.69) is 0 Å². The summed E-state index contributed by atoms with van der Waals surface area (Å²) in [6.45, 7) is 5.43. The van der Waals surface area contributed by atoms with Crippen molar-refractivity contribution in [2.75, 3.05) is 0 Å². The number of allylic oxidation sites excluding steroid dienone is 10. The number of halogens is 1. The third-order valence-electron chi connectivity index (χ3n) is 4.16. The van der Waals surface area contributed by atoms with Gasteiger partial charge in [0, 0.05) is 0 Å². The quantitative estimate of drug-likeness (QED) is 0.469. The lowest BCUT2D eigenvalue weighted by Gasteiger charge is -2.15. The Morgan fingerprint density at radius 2 is 2.00 bits per heavy atom. The summed E-state index contributed by atoms with van der Waals surface area (Å²) in [7, 11) is 0. The highest BCUT2D eigenvalue weighted by atomic mass is 19.1. The molecule has 4 heteroatoms. The second-order valence-electron chi connectivity index (χ2n) is 5.94. The van der Waals surface area contributed by atoms with Gasteiger partial charge in [-0.2, -0.15) is 5.26 Å². The minimum absolute atomic E-state index is 0.0247. The molecule has 0 atom stereocenters. The molecule has 0 radical (unpaired) electrons. The minimum Gasteiger partial charge on any atom is -0.300 e. The first-order chi connectivity index (χ1) is 12.4. The molecule has 0 saturated heterocycles. The molecule has 0 spiro atoms. The summed E-state index contributed by atoms with van der Waals surface area (Å²) in [5.74, 6) is -0.600. The molecule has 3 nitrogen and oxygen atoms in total. The summed E-state index contributed by atoms with van der Waals surface area (Å²) in [6, 6.07) is 6.21. The SMILES string of the molecule is C/C=C1C=C(/C(C)=C(/C=C(\C)C=O)c2ccc(C#N)c(F)c2)C=CC/1=N. The molecule has 2 rings (SSSR count). The van der Waals surface area contributed by atoms with Crippen molar-refractivity contribution < 1.29 is 9.18 Å². The Labute approximate surface area is 152 Å². The van der Waals surface area contributed by atoms with Crippen LogP contribution < -0.4 is 0 Å². The smallest absolute Gasteiger partial charge is 0.145 e. The fraction of sp³-hybridized carbons (Fsp3) is 0.136. The van der Waals surface area contributed by atoms with Crippen LogP contribution in [-0.2, 0) is 4.79 Å². The van der Waals surface area contributed by atoms with Crippen LogP contribution in [-0.4, -0.2) is 12.0 Å². The molecule has 1 aromatic rings. The van der Waals surface area contributed by atoms with E-state index in [1.807, 2.05) is 38.1 Å². The van der Waals surface area contributed by atoms with E-state index in [1.165, 1.54) is 12.1 Å². The van der Waals surface area contributed by atoms with Crippen molar-refractivity contribution in [2.24, 2.45) is 0 Å². The third-order valence-corrected chi connectivity index (χ3v) is 4.16. The average Bonchev–Trinajstić information content (AvgIpc) is 2.65. The number of aldehydes is 1. The van der Waals surface area contributed by atoms with Crippen molar-refractivity contribution >= 4 is 17.6 Å². The van der Waals surface area contributed by atoms with Crippen molar-refractivity contribution in [3.8, 4) is 6.07 Å². The maximum atomic E-state index is 14.1. The number of carbonyl (C=O) groups excluding carboxylic acids is 1. The Hall–Kier alpha value is -3.32. The van der Waals surface area contributed by atoms with Gasteiger partial charge < -0.3 is 5.41 Å². The lowest BCUT2D eigenvalue weighted by atomic mass is 9.89. The molecular formula is C22H19FN2O. The first-order valence-corrected chi connectivity index (χ1v) is 8.11. The molecule has 26 heavy (non-hydrogen) atoms. The number of nitrogens with one attached hydrogen (secondary N) is 1. The number of rotatable bonds is 4. The molecule has 1 N–H and O–H groups in total. The number of nitriles is 1. The lowest BCUT2D eigenvalue weighted by molar-refractivity contribution is -0.104. The molecule has 0 saturated carbocycles. The number of hydrogen-bond donors (Lipinski definition) is 1. The van der Waals surface area contributed by atoms with E-state index in [4.69, 9.17) is 10.7 Å². The van der Waals surface area contributed by atoms with Crippen LogP contribution in [0.25, 0.3) is 5.57 Å². The van der Waals surface area contributed by atoms with Gasteiger partial charge in [0.05, 0.1) is 11.3 Å². The van der Waals surface area contributed by atoms with Gasteiger partial charge in [0.2, 0.25) is 0 Å². The molecule has 0 aromatic heterocycles. The zero-order valence-electron chi connectivity index (χ0n) is 14.9. The Kier molecular flexibility index (Phi) is 5.98. The zero-order valence-corrected chi connectivity index (χ0v) is 14.9. The van der Waals surface area contributed by atoms with Crippen LogP contribution in [0.1, 0.15) is 31.9 Å². The number of nitrogens with zero attached hydrogens (tertiary/aromatic N) is 1. The lowest BCUT2D eigenvalue weighted by Crippen LogP contribution is -2.02. The normalized spacial score (nSPS) is 16.9. The van der Waals surface area contributed by atoms with Crippen molar-refractivity contribution in [1.29, 1.82) is 10.7 Å². The fourth-order valence-corrected chi connectivity index (χ4v) is 2.63. The Bertz CT molecular complexity index is 966. The Morgan fingerprint density at radius 3 is 2.58 bits per heavy atom. The summed E-state index contributed by atoms with van der Waals surface area (Å²) >= 11 is 0. The predicted octanol–water partition coefficient (Wildman–Crippen LogP) is 5.08. The molecule has 0 unspecified atom stereocenters. The van der Waals surface area contributed by atoms with Crippen LogP contribution >= 0.6 is 0 Å². The highest BCUT2D eigenvalue weighted by Gasteiger charge is 2.13. The maximum absolute atomic E-state index is 14.1. The highest BCUT2D eigenvalue weighted by Crippen LogP contribution is 2.30. The summed E-state index contributed by atoms with van der Waals surface area (Å²) in [6.07, 6.45) is 9.73. The molecule has 0 fully saturated rings. The van der Waals surface area contributed by atoms with Gasteiger partial charge in [0.25, 0.3) is 0 Å². The van der Waals surface area contributed by atoms with Gasteiger partial charge in [-0.05, 0) is 84.6 Å². The van der Waals surface area contributed by atoms with Crippen molar-refractivity contribution in [2.45, 2.75) is 20.8 Å². The molecular weight excluding hydrogens is 327 g/mol. The Morgan fingerprint density at radius 1 is 1.27 bits per heavy atom. The van der Waals surface area contributed by atoms with Gasteiger partial charge >= 0.3 is 0 Å². The summed E-state index contributed by atoms with van der Waals surface area (Å²) in [5.41, 5.74) is 4.70. The van der Waals surface area contributed by atoms with E-state index < -0.39 is 5.82 Å². The van der Waals surface area contributed by atoms with Crippen molar-refractivity contribution in [3.05, 3.63) is 87.8 Å². The fourth-order valence-electron chi connectivity index (χ4n) is 2.63. The molecule has 0 bridgehead atoms. The highest BCUT2D eigenvalue weighted by molar-refractivity contribution is 6.10. The number of benzene rings is 1. The van der Waals surface area contributed by atoms with Gasteiger partial charge in [-0.15, -0.1) is 0 Å². The summed E-state index contributed by atoms with van der Waals surface area (Å²) < 4.78 is 14.1. The van der Waals surface area contributed by atoms with Gasteiger partial charge in [-0.3, -0.25) is 4.79 Å². The molecule has 0 aliphatic heterocycles. The van der Waals surface area contributed by atoms with Gasteiger partial charge in [-0.25, -0.2) is 4.39 Å². The van der Waals surface area contributed by atoms with Crippen LogP contribution in [0.15, 0.2) is 70.9 Å². The van der Waals surface area contributed by atoms with Crippen LogP contribution in [0.2, 0.25) is 0 Å². The Balaban J connectivity index is 2.69. The van der Waals surface area contributed by atoms with Gasteiger partial charge in [-0.1, -0.05) is 18.2 Å². The van der Waals surface area contributed by atoms with Gasteiger partial charge in [0.15, 0.2) is 0 Å². The van der Waals surface area contributed by atoms with E-state index in [1.54, 1.807) is 25.1 Å². The number of carbonyl (C=O) groups is 1. The van der Waals surface area contributed by atoms with E-state index in [9.17, 15) is 9.18 Å². The van der Waals surface area contributed by atoms with E-state index in [0.717, 1.165) is 23.0 Å². The van der Waals surface area contributed by atoms with Crippen LogP contribution in [0.5, 0.6) is 0 Å². The van der Waals surface area contributed by atoms with E-state index in [0.29, 0.717) is 22.4 Å². The monoisotopic (exact) mass is 346 g/mol. The largest absolute Gasteiger partial charge is 0.300 e. The maximum Gasteiger partial charge on any atom is 0.145 e. The zero-order chi connectivity index (χ0) is 19.3. The van der Waals surface area contributed by atoms with Crippen LogP contribution in [0, 0.1) is 22.6 Å². The van der Waals surface area contributed by atoms with Crippen molar-refractivity contribution in [1.82, 2.24) is 0 Å². The second kappa shape index (κ2) is 8.17. The topological polar surface area (TPSA) is 64.7 Å². The molecule has 1 aliphatic carbocycles. The van der Waals surface area contributed by atoms with Crippen molar-refractivity contribution in [3.63, 3.8) is 0 Å².